The summed E-state index contributed by atoms with van der Waals surface area (Å²) in [5, 5.41) is 17.2. The van der Waals surface area contributed by atoms with Gasteiger partial charge in [-0.3, -0.25) is 0 Å². The number of fused-ring (bicyclic) bond motifs is 4. The SMILES string of the molecule is c1ccc2c(Nc3ccc(-c4ccc(Nc5cccc6ccccc56)c5ccccc45)c4ccccc34)cccc2c1. The number of nitrogens with one attached hydrogen (secondary N) is 2. The molecule has 8 aromatic rings. The van der Waals surface area contributed by atoms with E-state index in [1.54, 1.807) is 0 Å². The van der Waals surface area contributed by atoms with Gasteiger partial charge in [0.15, 0.2) is 0 Å². The van der Waals surface area contributed by atoms with Gasteiger partial charge < -0.3 is 10.6 Å². The van der Waals surface area contributed by atoms with Crippen LogP contribution in [-0.2, 0) is 0 Å². The van der Waals surface area contributed by atoms with Crippen LogP contribution in [0.25, 0.3) is 54.2 Å². The molecule has 0 saturated heterocycles. The zero-order valence-corrected chi connectivity index (χ0v) is 23.0. The lowest BCUT2D eigenvalue weighted by molar-refractivity contribution is 1.59. The van der Waals surface area contributed by atoms with E-state index in [1.165, 1.54) is 54.2 Å². The van der Waals surface area contributed by atoms with Crippen molar-refractivity contribution in [2.75, 3.05) is 10.6 Å². The third-order valence-electron chi connectivity index (χ3n) is 8.26. The van der Waals surface area contributed by atoms with Gasteiger partial charge in [0.2, 0.25) is 0 Å². The van der Waals surface area contributed by atoms with Crippen molar-refractivity contribution in [2.24, 2.45) is 0 Å². The molecule has 0 saturated carbocycles. The van der Waals surface area contributed by atoms with E-state index >= 15 is 0 Å². The molecule has 42 heavy (non-hydrogen) atoms. The van der Waals surface area contributed by atoms with E-state index in [9.17, 15) is 0 Å². The average Bonchev–Trinajstić information content (AvgIpc) is 3.06. The molecule has 0 aliphatic heterocycles. The van der Waals surface area contributed by atoms with Crippen LogP contribution in [0.15, 0.2) is 158 Å². The first-order valence-electron chi connectivity index (χ1n) is 14.4. The number of hydrogen-bond donors (Lipinski definition) is 2. The lowest BCUT2D eigenvalue weighted by Gasteiger charge is -2.18. The van der Waals surface area contributed by atoms with Gasteiger partial charge in [-0.25, -0.2) is 0 Å². The molecule has 2 nitrogen and oxygen atoms in total. The minimum Gasteiger partial charge on any atom is -0.355 e. The first kappa shape index (κ1) is 24.2. The van der Waals surface area contributed by atoms with Crippen LogP contribution in [-0.4, -0.2) is 0 Å². The second-order valence-corrected chi connectivity index (χ2v) is 10.7. The molecule has 0 heterocycles. The molecule has 0 fully saturated rings. The zero-order valence-electron chi connectivity index (χ0n) is 23.0. The summed E-state index contributed by atoms with van der Waals surface area (Å²) < 4.78 is 0. The van der Waals surface area contributed by atoms with Gasteiger partial charge in [0.1, 0.15) is 0 Å². The smallest absolute Gasteiger partial charge is 0.0464 e. The van der Waals surface area contributed by atoms with Crippen molar-refractivity contribution < 1.29 is 0 Å². The predicted octanol–water partition coefficient (Wildman–Crippen LogP) is 11.5. The fourth-order valence-corrected chi connectivity index (χ4v) is 6.24. The summed E-state index contributed by atoms with van der Waals surface area (Å²) in [6.45, 7) is 0. The van der Waals surface area contributed by atoms with Crippen LogP contribution < -0.4 is 10.6 Å². The molecule has 0 aliphatic rings. The van der Waals surface area contributed by atoms with E-state index in [0.29, 0.717) is 0 Å². The largest absolute Gasteiger partial charge is 0.355 e. The Hall–Kier alpha value is -5.60. The van der Waals surface area contributed by atoms with E-state index in [0.717, 1.165) is 22.7 Å². The molecule has 198 valence electrons. The van der Waals surface area contributed by atoms with E-state index in [4.69, 9.17) is 0 Å². The van der Waals surface area contributed by atoms with Crippen LogP contribution in [0.1, 0.15) is 0 Å². The monoisotopic (exact) mass is 536 g/mol. The number of hydrogen-bond acceptors (Lipinski definition) is 2. The van der Waals surface area contributed by atoms with Crippen molar-refractivity contribution in [1.29, 1.82) is 0 Å². The number of anilines is 4. The minimum absolute atomic E-state index is 1.10. The molecule has 2 heteroatoms. The fourth-order valence-electron chi connectivity index (χ4n) is 6.24. The van der Waals surface area contributed by atoms with E-state index in [2.05, 4.69) is 168 Å². The van der Waals surface area contributed by atoms with Gasteiger partial charge >= 0.3 is 0 Å². The molecule has 0 aromatic heterocycles. The van der Waals surface area contributed by atoms with Crippen LogP contribution in [0, 0.1) is 0 Å². The number of benzene rings is 8. The second kappa shape index (κ2) is 10.1. The molecular weight excluding hydrogens is 508 g/mol. The molecule has 0 radical (unpaired) electrons. The summed E-state index contributed by atoms with van der Waals surface area (Å²) in [5.74, 6) is 0. The standard InChI is InChI=1S/C40H28N2/c1-3-15-29-27(11-1)13-9-21-37(29)41-39-25-23-33(31-17-5-7-19-35(31)39)34-24-26-40(36-20-8-6-18-32(34)36)42-38-22-10-14-28-12-2-4-16-30(28)38/h1-26,41-42H. The quantitative estimate of drug-likeness (QED) is 0.229. The van der Waals surface area contributed by atoms with Gasteiger partial charge in [-0.1, -0.05) is 133 Å². The van der Waals surface area contributed by atoms with E-state index < -0.39 is 0 Å². The Bertz CT molecular complexity index is 2090. The molecule has 0 unspecified atom stereocenters. The van der Waals surface area contributed by atoms with Gasteiger partial charge in [0, 0.05) is 44.3 Å². The lowest BCUT2D eigenvalue weighted by Crippen LogP contribution is -1.95. The van der Waals surface area contributed by atoms with Crippen molar-refractivity contribution in [3.8, 4) is 11.1 Å². The highest BCUT2D eigenvalue weighted by molar-refractivity contribution is 6.12. The molecule has 8 aromatic carbocycles. The molecule has 0 aliphatic carbocycles. The molecule has 0 amide bonds. The Morgan fingerprint density at radius 1 is 0.238 bits per heavy atom. The normalized spacial score (nSPS) is 11.3. The van der Waals surface area contributed by atoms with Crippen molar-refractivity contribution >= 4 is 65.8 Å². The molecule has 0 spiro atoms. The first-order valence-corrected chi connectivity index (χ1v) is 14.4. The van der Waals surface area contributed by atoms with Gasteiger partial charge in [0.05, 0.1) is 0 Å². The minimum atomic E-state index is 1.10. The highest BCUT2D eigenvalue weighted by Gasteiger charge is 2.14. The molecular formula is C40H28N2. The average molecular weight is 537 g/mol. The van der Waals surface area contributed by atoms with Crippen molar-refractivity contribution in [3.05, 3.63) is 158 Å². The summed E-state index contributed by atoms with van der Waals surface area (Å²) in [6.07, 6.45) is 0. The third-order valence-corrected chi connectivity index (χ3v) is 8.26. The second-order valence-electron chi connectivity index (χ2n) is 10.7. The van der Waals surface area contributed by atoms with Crippen molar-refractivity contribution in [1.82, 2.24) is 0 Å². The summed E-state index contributed by atoms with van der Waals surface area (Å²) in [5.41, 5.74) is 6.87. The first-order chi connectivity index (χ1) is 20.8. The maximum atomic E-state index is 3.75. The predicted molar refractivity (Wildman–Crippen MR) is 181 cm³/mol. The third kappa shape index (κ3) is 4.13. The van der Waals surface area contributed by atoms with Crippen LogP contribution in [0.3, 0.4) is 0 Å². The summed E-state index contributed by atoms with van der Waals surface area (Å²) in [4.78, 5) is 0. The molecule has 2 N–H and O–H groups in total. The molecule has 8 rings (SSSR count). The van der Waals surface area contributed by atoms with Gasteiger partial charge in [-0.2, -0.15) is 0 Å². The van der Waals surface area contributed by atoms with Crippen LogP contribution in [0.5, 0.6) is 0 Å². The topological polar surface area (TPSA) is 24.1 Å². The lowest BCUT2D eigenvalue weighted by atomic mass is 9.92. The van der Waals surface area contributed by atoms with Gasteiger partial charge in [-0.15, -0.1) is 0 Å². The van der Waals surface area contributed by atoms with E-state index in [-0.39, 0.29) is 0 Å². The Morgan fingerprint density at radius 2 is 0.571 bits per heavy atom. The van der Waals surface area contributed by atoms with E-state index in [1.807, 2.05) is 0 Å². The summed E-state index contributed by atoms with van der Waals surface area (Å²) >= 11 is 0. The highest BCUT2D eigenvalue weighted by atomic mass is 14.9. The fraction of sp³-hybridized carbons (Fsp3) is 0. The number of rotatable bonds is 5. The summed E-state index contributed by atoms with van der Waals surface area (Å²) in [7, 11) is 0. The Balaban J connectivity index is 1.24. The highest BCUT2D eigenvalue weighted by Crippen LogP contribution is 2.41. The molecule has 0 bridgehead atoms. The summed E-state index contributed by atoms with van der Waals surface area (Å²) in [6, 6.07) is 56.2. The van der Waals surface area contributed by atoms with Gasteiger partial charge in [-0.05, 0) is 56.9 Å². The molecule has 0 atom stereocenters. The Kier molecular flexibility index (Phi) is 5.82. The van der Waals surface area contributed by atoms with Crippen molar-refractivity contribution in [2.45, 2.75) is 0 Å². The van der Waals surface area contributed by atoms with Crippen LogP contribution in [0.4, 0.5) is 22.7 Å². The van der Waals surface area contributed by atoms with Crippen molar-refractivity contribution in [3.63, 3.8) is 0 Å². The van der Waals surface area contributed by atoms with Crippen LogP contribution >= 0.6 is 0 Å². The Labute approximate surface area is 244 Å². The zero-order chi connectivity index (χ0) is 27.9. The Morgan fingerprint density at radius 3 is 1.02 bits per heavy atom. The maximum absolute atomic E-state index is 3.75. The van der Waals surface area contributed by atoms with Gasteiger partial charge in [0.25, 0.3) is 0 Å². The van der Waals surface area contributed by atoms with Crippen LogP contribution in [0.2, 0.25) is 0 Å². The maximum Gasteiger partial charge on any atom is 0.0464 e.